The highest BCUT2D eigenvalue weighted by Crippen LogP contribution is 2.42. The van der Waals surface area contributed by atoms with Crippen molar-refractivity contribution in [2.75, 3.05) is 0 Å². The Hall–Kier alpha value is -1.61. The monoisotopic (exact) mass is 241 g/mol. The maximum Gasteiger partial charge on any atom is 0.105 e. The minimum absolute atomic E-state index is 0.0605. The van der Waals surface area contributed by atoms with Crippen LogP contribution in [0, 0.1) is 6.92 Å². The van der Waals surface area contributed by atoms with Gasteiger partial charge < -0.3 is 10.3 Å². The van der Waals surface area contributed by atoms with E-state index in [2.05, 4.69) is 40.7 Å². The molecule has 1 heterocycles. The summed E-state index contributed by atoms with van der Waals surface area (Å²) in [6, 6.07) is 8.92. The van der Waals surface area contributed by atoms with E-state index in [4.69, 9.17) is 5.73 Å². The lowest BCUT2D eigenvalue weighted by Gasteiger charge is -2.36. The topological polar surface area (TPSA) is 43.8 Å². The van der Waals surface area contributed by atoms with E-state index in [-0.39, 0.29) is 6.04 Å². The molecule has 3 rings (SSSR count). The second-order valence-electron chi connectivity index (χ2n) is 5.24. The highest BCUT2D eigenvalue weighted by atomic mass is 15.1. The van der Waals surface area contributed by atoms with Crippen LogP contribution in [0.1, 0.15) is 48.3 Å². The molecule has 0 amide bonds. The molecule has 1 aliphatic rings. The molecule has 3 atom stereocenters. The van der Waals surface area contributed by atoms with Gasteiger partial charge >= 0.3 is 0 Å². The normalized spacial score (nSPS) is 26.9. The van der Waals surface area contributed by atoms with Gasteiger partial charge in [-0.3, -0.25) is 0 Å². The number of hydrogen-bond donors (Lipinski definition) is 1. The molecule has 18 heavy (non-hydrogen) atoms. The molecule has 0 bridgehead atoms. The van der Waals surface area contributed by atoms with E-state index in [1.807, 2.05) is 19.3 Å². The molecule has 0 aliphatic heterocycles. The molecule has 0 saturated carbocycles. The lowest BCUT2D eigenvalue weighted by Crippen LogP contribution is -2.31. The van der Waals surface area contributed by atoms with Crippen molar-refractivity contribution in [3.05, 3.63) is 53.6 Å². The summed E-state index contributed by atoms with van der Waals surface area (Å²) in [4.78, 5) is 4.31. The molecule has 94 valence electrons. The van der Waals surface area contributed by atoms with Crippen LogP contribution in [0.2, 0.25) is 0 Å². The van der Waals surface area contributed by atoms with Crippen molar-refractivity contribution in [2.24, 2.45) is 5.73 Å². The molecule has 2 aromatic rings. The molecular weight excluding hydrogens is 222 g/mol. The highest BCUT2D eigenvalue weighted by Gasteiger charge is 2.31. The number of hydrogen-bond acceptors (Lipinski definition) is 2. The minimum Gasteiger partial charge on any atom is -0.330 e. The number of nitrogens with zero attached hydrogens (tertiary/aromatic N) is 2. The first-order valence-electron chi connectivity index (χ1n) is 6.52. The summed E-state index contributed by atoms with van der Waals surface area (Å²) in [7, 11) is 0. The Morgan fingerprint density at radius 3 is 2.67 bits per heavy atom. The number of benzene rings is 1. The van der Waals surface area contributed by atoms with Gasteiger partial charge in [-0.05, 0) is 30.4 Å². The standard InChI is InChI=1S/C15H19N3/c1-10-9-14(18-8-7-17-11(18)2)15(16)13-6-4-3-5-12(10)13/h3-8,10,14-15H,9,16H2,1-2H3. The SMILES string of the molecule is Cc1nccn1C1CC(C)c2ccccc2C1N. The highest BCUT2D eigenvalue weighted by molar-refractivity contribution is 5.36. The van der Waals surface area contributed by atoms with Gasteiger partial charge in [0.1, 0.15) is 5.82 Å². The van der Waals surface area contributed by atoms with Crippen LogP contribution in [0.5, 0.6) is 0 Å². The molecule has 0 radical (unpaired) electrons. The summed E-state index contributed by atoms with van der Waals surface area (Å²) in [6.07, 6.45) is 4.98. The van der Waals surface area contributed by atoms with Crippen LogP contribution >= 0.6 is 0 Å². The molecule has 3 unspecified atom stereocenters. The number of aryl methyl sites for hydroxylation is 1. The maximum absolute atomic E-state index is 6.46. The average molecular weight is 241 g/mol. The number of fused-ring (bicyclic) bond motifs is 1. The van der Waals surface area contributed by atoms with Gasteiger partial charge in [0.15, 0.2) is 0 Å². The first-order valence-corrected chi connectivity index (χ1v) is 6.52. The molecule has 0 spiro atoms. The van der Waals surface area contributed by atoms with Crippen molar-refractivity contribution >= 4 is 0 Å². The van der Waals surface area contributed by atoms with Crippen LogP contribution < -0.4 is 5.73 Å². The largest absolute Gasteiger partial charge is 0.330 e. The number of nitrogens with two attached hydrogens (primary N) is 1. The fraction of sp³-hybridized carbons (Fsp3) is 0.400. The molecular formula is C15H19N3. The van der Waals surface area contributed by atoms with Gasteiger partial charge in [0.05, 0.1) is 12.1 Å². The summed E-state index contributed by atoms with van der Waals surface area (Å²) in [5.41, 5.74) is 9.15. The van der Waals surface area contributed by atoms with Crippen LogP contribution in [-0.4, -0.2) is 9.55 Å². The quantitative estimate of drug-likeness (QED) is 0.834. The van der Waals surface area contributed by atoms with Gasteiger partial charge in [-0.15, -0.1) is 0 Å². The summed E-state index contributed by atoms with van der Waals surface area (Å²) >= 11 is 0. The summed E-state index contributed by atoms with van der Waals surface area (Å²) < 4.78 is 2.22. The van der Waals surface area contributed by atoms with Gasteiger partial charge in [-0.1, -0.05) is 31.2 Å². The van der Waals surface area contributed by atoms with E-state index in [0.717, 1.165) is 12.2 Å². The molecule has 2 N–H and O–H groups in total. The Balaban J connectivity index is 2.05. The van der Waals surface area contributed by atoms with E-state index < -0.39 is 0 Å². The lowest BCUT2D eigenvalue weighted by atomic mass is 9.78. The van der Waals surface area contributed by atoms with Gasteiger partial charge in [0.2, 0.25) is 0 Å². The predicted octanol–water partition coefficient (Wildman–Crippen LogP) is 2.94. The Bertz CT molecular complexity index is 558. The zero-order chi connectivity index (χ0) is 12.7. The van der Waals surface area contributed by atoms with Gasteiger partial charge in [-0.25, -0.2) is 4.98 Å². The Morgan fingerprint density at radius 2 is 2.00 bits per heavy atom. The third kappa shape index (κ3) is 1.66. The van der Waals surface area contributed by atoms with E-state index >= 15 is 0 Å². The summed E-state index contributed by atoms with van der Waals surface area (Å²) in [6.45, 7) is 4.32. The average Bonchev–Trinajstić information content (AvgIpc) is 2.80. The van der Waals surface area contributed by atoms with Crippen molar-refractivity contribution in [1.82, 2.24) is 9.55 Å². The van der Waals surface area contributed by atoms with Crippen molar-refractivity contribution in [3.8, 4) is 0 Å². The Kier molecular flexibility index (Phi) is 2.71. The van der Waals surface area contributed by atoms with Gasteiger partial charge in [0.25, 0.3) is 0 Å². The molecule has 1 aromatic carbocycles. The maximum atomic E-state index is 6.46. The van der Waals surface area contributed by atoms with E-state index in [1.54, 1.807) is 0 Å². The molecule has 0 fully saturated rings. The van der Waals surface area contributed by atoms with Crippen molar-refractivity contribution in [2.45, 2.75) is 38.3 Å². The van der Waals surface area contributed by atoms with Crippen LogP contribution in [0.4, 0.5) is 0 Å². The number of rotatable bonds is 1. The lowest BCUT2D eigenvalue weighted by molar-refractivity contribution is 0.338. The van der Waals surface area contributed by atoms with Crippen molar-refractivity contribution < 1.29 is 0 Å². The third-order valence-corrected chi connectivity index (χ3v) is 4.12. The van der Waals surface area contributed by atoms with Crippen molar-refractivity contribution in [3.63, 3.8) is 0 Å². The first-order chi connectivity index (χ1) is 8.68. The second-order valence-corrected chi connectivity index (χ2v) is 5.24. The van der Waals surface area contributed by atoms with Crippen LogP contribution in [0.25, 0.3) is 0 Å². The molecule has 1 aliphatic carbocycles. The first kappa shape index (κ1) is 11.5. The minimum atomic E-state index is 0.0605. The van der Waals surface area contributed by atoms with Crippen molar-refractivity contribution in [1.29, 1.82) is 0 Å². The van der Waals surface area contributed by atoms with Gasteiger partial charge in [0, 0.05) is 12.4 Å². The van der Waals surface area contributed by atoms with E-state index in [9.17, 15) is 0 Å². The zero-order valence-electron chi connectivity index (χ0n) is 10.9. The third-order valence-electron chi connectivity index (χ3n) is 4.12. The molecule has 3 nitrogen and oxygen atoms in total. The fourth-order valence-electron chi connectivity index (χ4n) is 3.13. The summed E-state index contributed by atoms with van der Waals surface area (Å²) in [5.74, 6) is 1.59. The second kappa shape index (κ2) is 4.25. The molecule has 1 aromatic heterocycles. The Labute approximate surface area is 108 Å². The smallest absolute Gasteiger partial charge is 0.105 e. The summed E-state index contributed by atoms with van der Waals surface area (Å²) in [5, 5.41) is 0. The van der Waals surface area contributed by atoms with E-state index in [1.165, 1.54) is 11.1 Å². The predicted molar refractivity (Wildman–Crippen MR) is 72.4 cm³/mol. The molecule has 3 heteroatoms. The number of imidazole rings is 1. The fourth-order valence-corrected chi connectivity index (χ4v) is 3.13. The number of aromatic nitrogens is 2. The van der Waals surface area contributed by atoms with Gasteiger partial charge in [-0.2, -0.15) is 0 Å². The van der Waals surface area contributed by atoms with Crippen LogP contribution in [0.3, 0.4) is 0 Å². The van der Waals surface area contributed by atoms with Crippen LogP contribution in [0.15, 0.2) is 36.7 Å². The Morgan fingerprint density at radius 1 is 1.28 bits per heavy atom. The van der Waals surface area contributed by atoms with E-state index in [0.29, 0.717) is 12.0 Å². The molecule has 0 saturated heterocycles. The zero-order valence-corrected chi connectivity index (χ0v) is 10.9. The van der Waals surface area contributed by atoms with Crippen LogP contribution in [-0.2, 0) is 0 Å².